The molecule has 0 heterocycles. The molecule has 0 saturated heterocycles. The van der Waals surface area contributed by atoms with Crippen LogP contribution in [-0.4, -0.2) is 73.4 Å². The third kappa shape index (κ3) is 68.5. The number of phosphoric ester groups is 1. The largest absolute Gasteiger partial charge is 0.472 e. The summed E-state index contributed by atoms with van der Waals surface area (Å²) in [5.41, 5.74) is 0. The maximum absolute atomic E-state index is 13.1. The molecule has 3 unspecified atom stereocenters. The van der Waals surface area contributed by atoms with Crippen LogP contribution in [0.15, 0.2) is 24.3 Å². The predicted octanol–water partition coefficient (Wildman–Crippen LogP) is 24.2. The summed E-state index contributed by atoms with van der Waals surface area (Å²) in [6.45, 7) is 4.89. The third-order valence-electron chi connectivity index (χ3n) is 17.7. The average Bonchev–Trinajstić information content (AvgIpc) is 3.56. The van der Waals surface area contributed by atoms with Gasteiger partial charge in [-0.1, -0.05) is 372 Å². The zero-order valence-corrected chi connectivity index (χ0v) is 58.3. The Morgan fingerprint density at radius 2 is 0.643 bits per heavy atom. The summed E-state index contributed by atoms with van der Waals surface area (Å²) in [6.07, 6.45) is 87.8. The van der Waals surface area contributed by atoms with Crippen molar-refractivity contribution < 1.29 is 32.9 Å². The first-order valence-electron chi connectivity index (χ1n) is 37.7. The van der Waals surface area contributed by atoms with Gasteiger partial charge >= 0.3 is 7.82 Å². The van der Waals surface area contributed by atoms with Crippen LogP contribution >= 0.6 is 7.82 Å². The number of hydrogen-bond acceptors (Lipinski definition) is 5. The van der Waals surface area contributed by atoms with Gasteiger partial charge in [-0.05, 0) is 44.9 Å². The zero-order chi connectivity index (χ0) is 61.2. The molecule has 1 amide bonds. The van der Waals surface area contributed by atoms with E-state index >= 15 is 0 Å². The van der Waals surface area contributed by atoms with Crippen LogP contribution in [0.5, 0.6) is 0 Å². The molecule has 0 aliphatic rings. The van der Waals surface area contributed by atoms with Crippen molar-refractivity contribution in [1.29, 1.82) is 0 Å². The number of amides is 1. The standard InChI is InChI=1S/C75H149N2O6P/c1-6-8-10-12-14-16-18-20-22-24-26-28-30-32-34-36-38-40-42-44-46-48-50-52-54-56-58-60-62-64-66-68-74(78)73(72-83-84(80,81)82-71-70-77(3,4)5)76-75(79)69-67-65-63-61-59-57-55-53-51-49-47-45-43-41-39-37-35-33-31-29-27-25-23-21-19-17-15-13-11-9-7-2/h25,27,66,68,73-74,78H,6-24,26,28-65,67,69-72H2,1-5H3,(H-,76,79,80,81)/p+1/b27-25-,68-66+. The van der Waals surface area contributed by atoms with Gasteiger partial charge < -0.3 is 19.8 Å². The van der Waals surface area contributed by atoms with Crippen molar-refractivity contribution in [3.8, 4) is 0 Å². The first kappa shape index (κ1) is 83.0. The quantitative estimate of drug-likeness (QED) is 0.0243. The van der Waals surface area contributed by atoms with Crippen LogP contribution in [0.1, 0.15) is 399 Å². The minimum Gasteiger partial charge on any atom is -0.387 e. The molecule has 0 aromatic carbocycles. The zero-order valence-electron chi connectivity index (χ0n) is 57.4. The number of nitrogens with zero attached hydrogens (tertiary/aromatic N) is 1. The fourth-order valence-electron chi connectivity index (χ4n) is 11.8. The fraction of sp³-hybridized carbons (Fsp3) is 0.933. The molecule has 0 aliphatic heterocycles. The number of phosphoric acid groups is 1. The van der Waals surface area contributed by atoms with Crippen LogP contribution in [-0.2, 0) is 18.4 Å². The van der Waals surface area contributed by atoms with Gasteiger partial charge in [-0.3, -0.25) is 13.8 Å². The number of carbonyl (C=O) groups is 1. The number of allylic oxidation sites excluding steroid dienone is 3. The van der Waals surface area contributed by atoms with Crippen molar-refractivity contribution in [2.24, 2.45) is 0 Å². The summed E-state index contributed by atoms with van der Waals surface area (Å²) in [5, 5.41) is 14.0. The van der Waals surface area contributed by atoms with E-state index in [4.69, 9.17) is 9.05 Å². The lowest BCUT2D eigenvalue weighted by atomic mass is 10.0. The molecule has 8 nitrogen and oxygen atoms in total. The molecule has 0 rings (SSSR count). The molecule has 0 saturated carbocycles. The maximum Gasteiger partial charge on any atom is 0.472 e. The highest BCUT2D eigenvalue weighted by Crippen LogP contribution is 2.43. The van der Waals surface area contributed by atoms with Gasteiger partial charge in [-0.25, -0.2) is 4.57 Å². The number of likely N-dealkylation sites (N-methyl/N-ethyl adjacent to an activating group) is 1. The van der Waals surface area contributed by atoms with Crippen molar-refractivity contribution in [2.75, 3.05) is 40.9 Å². The Bertz CT molecular complexity index is 1420. The number of unbranched alkanes of at least 4 members (excludes halogenated alkanes) is 56. The van der Waals surface area contributed by atoms with Crippen LogP contribution in [0.2, 0.25) is 0 Å². The lowest BCUT2D eigenvalue weighted by Gasteiger charge is -2.25. The van der Waals surface area contributed by atoms with E-state index in [-0.39, 0.29) is 19.1 Å². The first-order chi connectivity index (χ1) is 41.0. The molecule has 3 atom stereocenters. The molecule has 3 N–H and O–H groups in total. The molecule has 0 aliphatic carbocycles. The summed E-state index contributed by atoms with van der Waals surface area (Å²) in [6, 6.07) is -0.846. The van der Waals surface area contributed by atoms with Crippen LogP contribution in [0.3, 0.4) is 0 Å². The Morgan fingerprint density at radius 3 is 0.917 bits per heavy atom. The van der Waals surface area contributed by atoms with Gasteiger partial charge in [-0.15, -0.1) is 0 Å². The van der Waals surface area contributed by atoms with Crippen molar-refractivity contribution >= 4 is 13.7 Å². The van der Waals surface area contributed by atoms with Gasteiger partial charge in [0.25, 0.3) is 0 Å². The molecule has 500 valence electrons. The monoisotopic (exact) mass is 1210 g/mol. The van der Waals surface area contributed by atoms with Gasteiger partial charge in [0, 0.05) is 6.42 Å². The molecule has 0 spiro atoms. The van der Waals surface area contributed by atoms with Crippen LogP contribution in [0.25, 0.3) is 0 Å². The Kier molecular flexibility index (Phi) is 65.6. The number of quaternary nitrogens is 1. The van der Waals surface area contributed by atoms with Crippen molar-refractivity contribution in [3.05, 3.63) is 24.3 Å². The lowest BCUT2D eigenvalue weighted by Crippen LogP contribution is -2.45. The number of rotatable bonds is 71. The van der Waals surface area contributed by atoms with E-state index in [0.29, 0.717) is 17.4 Å². The van der Waals surface area contributed by atoms with Gasteiger partial charge in [0.15, 0.2) is 0 Å². The van der Waals surface area contributed by atoms with Crippen molar-refractivity contribution in [2.45, 2.75) is 411 Å². The van der Waals surface area contributed by atoms with Crippen molar-refractivity contribution in [3.63, 3.8) is 0 Å². The smallest absolute Gasteiger partial charge is 0.387 e. The molecule has 0 bridgehead atoms. The summed E-state index contributed by atoms with van der Waals surface area (Å²) >= 11 is 0. The predicted molar refractivity (Wildman–Crippen MR) is 369 cm³/mol. The normalized spacial score (nSPS) is 13.7. The van der Waals surface area contributed by atoms with E-state index in [1.54, 1.807) is 6.08 Å². The number of nitrogens with one attached hydrogen (secondary N) is 1. The highest BCUT2D eigenvalue weighted by molar-refractivity contribution is 7.47. The molecule has 0 aromatic rings. The molecule has 84 heavy (non-hydrogen) atoms. The summed E-state index contributed by atoms with van der Waals surface area (Å²) in [7, 11) is 1.59. The second kappa shape index (κ2) is 66.4. The number of hydrogen-bond donors (Lipinski definition) is 3. The Balaban J connectivity index is 3.99. The lowest BCUT2D eigenvalue weighted by molar-refractivity contribution is -0.870. The summed E-state index contributed by atoms with van der Waals surface area (Å²) < 4.78 is 23.9. The van der Waals surface area contributed by atoms with E-state index in [9.17, 15) is 19.4 Å². The fourth-order valence-corrected chi connectivity index (χ4v) is 12.5. The second-order valence-corrected chi connectivity index (χ2v) is 28.8. The average molecular weight is 1210 g/mol. The molecule has 0 aromatic heterocycles. The van der Waals surface area contributed by atoms with Gasteiger partial charge in [-0.2, -0.15) is 0 Å². The van der Waals surface area contributed by atoms with E-state index in [1.165, 1.54) is 347 Å². The number of aliphatic hydroxyl groups is 1. The molecule has 9 heteroatoms. The molecule has 0 radical (unpaired) electrons. The van der Waals surface area contributed by atoms with E-state index in [1.807, 2.05) is 27.2 Å². The minimum absolute atomic E-state index is 0.0645. The Labute approximate surface area is 525 Å². The number of carbonyl (C=O) groups excluding carboxylic acids is 1. The highest BCUT2D eigenvalue weighted by Gasteiger charge is 2.28. The summed E-state index contributed by atoms with van der Waals surface area (Å²) in [5.74, 6) is -0.167. The van der Waals surface area contributed by atoms with E-state index in [2.05, 4.69) is 31.3 Å². The van der Waals surface area contributed by atoms with E-state index in [0.717, 1.165) is 32.1 Å². The maximum atomic E-state index is 13.1. The molecular weight excluding hydrogens is 1060 g/mol. The van der Waals surface area contributed by atoms with Crippen LogP contribution in [0.4, 0.5) is 0 Å². The first-order valence-corrected chi connectivity index (χ1v) is 39.2. The van der Waals surface area contributed by atoms with Gasteiger partial charge in [0.2, 0.25) is 5.91 Å². The topological polar surface area (TPSA) is 105 Å². The molecule has 0 fully saturated rings. The number of aliphatic hydroxyl groups excluding tert-OH is 1. The third-order valence-corrected chi connectivity index (χ3v) is 18.6. The second-order valence-electron chi connectivity index (χ2n) is 27.4. The van der Waals surface area contributed by atoms with E-state index < -0.39 is 20.0 Å². The van der Waals surface area contributed by atoms with Crippen LogP contribution < -0.4 is 5.32 Å². The summed E-state index contributed by atoms with van der Waals surface area (Å²) in [4.78, 5) is 23.5. The van der Waals surface area contributed by atoms with Crippen LogP contribution in [0, 0.1) is 0 Å². The van der Waals surface area contributed by atoms with Gasteiger partial charge in [0.1, 0.15) is 13.2 Å². The Morgan fingerprint density at radius 1 is 0.393 bits per heavy atom. The Hall–Kier alpha value is -1.02. The SMILES string of the molecule is CCCCCCCCCC/C=C\CCCCCCCCCCCCCCCCCCCCCC(=O)NC(COP(=O)(O)OCC[N+](C)(C)C)C(O)/C=C/CCCCCCCCCCCCCCCCCCCCCCCCCCCCCCC. The van der Waals surface area contributed by atoms with Crippen molar-refractivity contribution in [1.82, 2.24) is 5.32 Å². The molecular formula is C75H150N2O6P+. The van der Waals surface area contributed by atoms with Gasteiger partial charge in [0.05, 0.1) is 39.9 Å². The highest BCUT2D eigenvalue weighted by atomic mass is 31.2. The minimum atomic E-state index is -4.35.